The van der Waals surface area contributed by atoms with Crippen molar-refractivity contribution in [2.45, 2.75) is 0 Å². The minimum Gasteiger partial charge on any atom is -0.366 e. The van der Waals surface area contributed by atoms with Gasteiger partial charge in [0.25, 0.3) is 0 Å². The number of carbonyl (C=O) groups is 1. The van der Waals surface area contributed by atoms with Gasteiger partial charge in [-0.15, -0.1) is 0 Å². The summed E-state index contributed by atoms with van der Waals surface area (Å²) in [7, 11) is 0. The number of rotatable bonds is 3. The molecule has 0 aliphatic carbocycles. The number of nitrogens with zero attached hydrogens (tertiary/aromatic N) is 1. The smallest absolute Gasteiger partial charge is 0.324 e. The van der Waals surface area contributed by atoms with Gasteiger partial charge in [-0.05, 0) is 12.1 Å². The summed E-state index contributed by atoms with van der Waals surface area (Å²) in [6, 6.07) is 2.94. The highest BCUT2D eigenvalue weighted by Gasteiger charge is 2.07. The average Bonchev–Trinajstić information content (AvgIpc) is 2.48. The van der Waals surface area contributed by atoms with Crippen LogP contribution in [0.3, 0.4) is 0 Å². The zero-order valence-corrected chi connectivity index (χ0v) is 7.28. The third-order valence-electron chi connectivity index (χ3n) is 1.20. The van der Waals surface area contributed by atoms with Gasteiger partial charge in [-0.3, -0.25) is 14.9 Å². The fourth-order valence-corrected chi connectivity index (χ4v) is 1.42. The molecule has 0 aromatic carbocycles. The Balaban J connectivity index is 2.80. The van der Waals surface area contributed by atoms with Crippen LogP contribution in [0.4, 0.5) is 5.00 Å². The van der Waals surface area contributed by atoms with Gasteiger partial charge in [0.2, 0.25) is 5.91 Å². The molecule has 0 fully saturated rings. The standard InChI is InChI=1S/C7H6N2O3S/c8-6(10)3-1-5-2-4-7(13-5)9(11)12/h1-4H,(H2,8,10)/b3-1+. The Morgan fingerprint density at radius 1 is 1.62 bits per heavy atom. The van der Waals surface area contributed by atoms with Crippen LogP contribution >= 0.6 is 11.3 Å². The molecule has 0 saturated carbocycles. The lowest BCUT2D eigenvalue weighted by atomic mass is 10.4. The predicted octanol–water partition coefficient (Wildman–Crippen LogP) is 1.15. The third kappa shape index (κ3) is 2.68. The Morgan fingerprint density at radius 3 is 2.77 bits per heavy atom. The lowest BCUT2D eigenvalue weighted by Crippen LogP contribution is -2.04. The predicted molar refractivity (Wildman–Crippen MR) is 49.2 cm³/mol. The highest BCUT2D eigenvalue weighted by Crippen LogP contribution is 2.24. The Morgan fingerprint density at radius 2 is 2.31 bits per heavy atom. The zero-order valence-electron chi connectivity index (χ0n) is 6.47. The maximum Gasteiger partial charge on any atom is 0.324 e. The van der Waals surface area contributed by atoms with E-state index in [1.165, 1.54) is 12.1 Å². The molecule has 1 amide bonds. The number of carbonyl (C=O) groups excluding carboxylic acids is 1. The molecule has 0 aliphatic rings. The van der Waals surface area contributed by atoms with Crippen molar-refractivity contribution >= 4 is 28.3 Å². The quantitative estimate of drug-likeness (QED) is 0.449. The molecule has 1 heterocycles. The van der Waals surface area contributed by atoms with Crippen LogP contribution in [-0.2, 0) is 4.79 Å². The average molecular weight is 198 g/mol. The van der Waals surface area contributed by atoms with Crippen LogP contribution in [0.1, 0.15) is 4.88 Å². The van der Waals surface area contributed by atoms with E-state index in [1.807, 2.05) is 0 Å². The second kappa shape index (κ2) is 3.81. The van der Waals surface area contributed by atoms with Crippen LogP contribution in [0.2, 0.25) is 0 Å². The fourth-order valence-electron chi connectivity index (χ4n) is 0.694. The van der Waals surface area contributed by atoms with Crippen LogP contribution in [0.5, 0.6) is 0 Å². The molecule has 1 aromatic rings. The minimum absolute atomic E-state index is 0.0455. The zero-order chi connectivity index (χ0) is 9.84. The molecule has 0 atom stereocenters. The summed E-state index contributed by atoms with van der Waals surface area (Å²) in [4.78, 5) is 20.7. The van der Waals surface area contributed by atoms with Gasteiger partial charge in [0.1, 0.15) is 0 Å². The molecule has 13 heavy (non-hydrogen) atoms. The molecule has 1 rings (SSSR count). The van der Waals surface area contributed by atoms with E-state index in [0.717, 1.165) is 17.4 Å². The van der Waals surface area contributed by atoms with Gasteiger partial charge in [-0.2, -0.15) is 0 Å². The molecule has 0 spiro atoms. The molecule has 0 unspecified atom stereocenters. The summed E-state index contributed by atoms with van der Waals surface area (Å²) in [5.41, 5.74) is 4.85. The number of amides is 1. The number of hydrogen-bond acceptors (Lipinski definition) is 4. The van der Waals surface area contributed by atoms with E-state index in [2.05, 4.69) is 0 Å². The maximum absolute atomic E-state index is 10.3. The summed E-state index contributed by atoms with van der Waals surface area (Å²) < 4.78 is 0. The van der Waals surface area contributed by atoms with E-state index >= 15 is 0 Å². The van der Waals surface area contributed by atoms with Crippen molar-refractivity contribution < 1.29 is 9.72 Å². The lowest BCUT2D eigenvalue weighted by Gasteiger charge is -1.81. The monoisotopic (exact) mass is 198 g/mol. The fraction of sp³-hybridized carbons (Fsp3) is 0. The first-order valence-electron chi connectivity index (χ1n) is 3.31. The number of primary amides is 1. The summed E-state index contributed by atoms with van der Waals surface area (Å²) in [6.07, 6.45) is 2.61. The van der Waals surface area contributed by atoms with Gasteiger partial charge in [0.05, 0.1) is 4.92 Å². The SMILES string of the molecule is NC(=O)/C=C/c1ccc([N+](=O)[O-])s1. The molecule has 1 aromatic heterocycles. The largest absolute Gasteiger partial charge is 0.366 e. The van der Waals surface area contributed by atoms with Crippen molar-refractivity contribution in [3.05, 3.63) is 33.2 Å². The van der Waals surface area contributed by atoms with Crippen LogP contribution in [-0.4, -0.2) is 10.8 Å². The van der Waals surface area contributed by atoms with Crippen molar-refractivity contribution in [1.29, 1.82) is 0 Å². The van der Waals surface area contributed by atoms with Gasteiger partial charge in [0, 0.05) is 17.0 Å². The van der Waals surface area contributed by atoms with Gasteiger partial charge in [-0.25, -0.2) is 0 Å². The first-order chi connectivity index (χ1) is 6.09. The lowest BCUT2D eigenvalue weighted by molar-refractivity contribution is -0.380. The minimum atomic E-state index is -0.573. The number of nitro groups is 1. The molecule has 6 heteroatoms. The van der Waals surface area contributed by atoms with Gasteiger partial charge < -0.3 is 5.73 Å². The highest BCUT2D eigenvalue weighted by molar-refractivity contribution is 7.16. The second-order valence-electron chi connectivity index (χ2n) is 2.17. The first kappa shape index (κ1) is 9.40. The first-order valence-corrected chi connectivity index (χ1v) is 4.13. The highest BCUT2D eigenvalue weighted by atomic mass is 32.1. The van der Waals surface area contributed by atoms with Crippen LogP contribution in [0, 0.1) is 10.1 Å². The van der Waals surface area contributed by atoms with Crippen LogP contribution in [0.15, 0.2) is 18.2 Å². The molecule has 0 bridgehead atoms. The van der Waals surface area contributed by atoms with Crippen molar-refractivity contribution in [3.63, 3.8) is 0 Å². The summed E-state index contributed by atoms with van der Waals surface area (Å²) in [6.45, 7) is 0. The van der Waals surface area contributed by atoms with E-state index in [1.54, 1.807) is 6.07 Å². The van der Waals surface area contributed by atoms with E-state index in [0.29, 0.717) is 4.88 Å². The van der Waals surface area contributed by atoms with Crippen molar-refractivity contribution in [2.75, 3.05) is 0 Å². The van der Waals surface area contributed by atoms with Crippen LogP contribution < -0.4 is 5.73 Å². The number of thiophene rings is 1. The summed E-state index contributed by atoms with van der Waals surface area (Å²) in [5, 5.41) is 10.3. The second-order valence-corrected chi connectivity index (χ2v) is 3.26. The Labute approximate surface area is 77.6 Å². The molecular formula is C7H6N2O3S. The van der Waals surface area contributed by atoms with Crippen molar-refractivity contribution in [2.24, 2.45) is 5.73 Å². The van der Waals surface area contributed by atoms with E-state index in [4.69, 9.17) is 5.73 Å². The molecule has 0 aliphatic heterocycles. The van der Waals surface area contributed by atoms with E-state index < -0.39 is 10.8 Å². The molecule has 0 radical (unpaired) electrons. The third-order valence-corrected chi connectivity index (χ3v) is 2.21. The normalized spacial score (nSPS) is 10.5. The van der Waals surface area contributed by atoms with Gasteiger partial charge in [-0.1, -0.05) is 11.3 Å². The summed E-state index contributed by atoms with van der Waals surface area (Å²) >= 11 is 0.989. The summed E-state index contributed by atoms with van der Waals surface area (Å²) in [5.74, 6) is -0.573. The number of nitrogens with two attached hydrogens (primary N) is 1. The Hall–Kier alpha value is -1.69. The number of hydrogen-bond donors (Lipinski definition) is 1. The van der Waals surface area contributed by atoms with Crippen LogP contribution in [0.25, 0.3) is 6.08 Å². The van der Waals surface area contributed by atoms with Crippen molar-refractivity contribution in [1.82, 2.24) is 0 Å². The van der Waals surface area contributed by atoms with E-state index in [-0.39, 0.29) is 5.00 Å². The van der Waals surface area contributed by atoms with E-state index in [9.17, 15) is 14.9 Å². The molecule has 2 N–H and O–H groups in total. The molecular weight excluding hydrogens is 192 g/mol. The Bertz CT molecular complexity index is 370. The Kier molecular flexibility index (Phi) is 2.76. The van der Waals surface area contributed by atoms with Gasteiger partial charge in [0.15, 0.2) is 0 Å². The molecule has 68 valence electrons. The molecule has 0 saturated heterocycles. The molecule has 5 nitrogen and oxygen atoms in total. The van der Waals surface area contributed by atoms with Gasteiger partial charge >= 0.3 is 5.00 Å². The van der Waals surface area contributed by atoms with Crippen molar-refractivity contribution in [3.8, 4) is 0 Å². The topological polar surface area (TPSA) is 86.2 Å². The maximum atomic E-state index is 10.3.